The first-order valence-corrected chi connectivity index (χ1v) is 8.13. The topological polar surface area (TPSA) is 56.8 Å². The highest BCUT2D eigenvalue weighted by Crippen LogP contribution is 2.29. The summed E-state index contributed by atoms with van der Waals surface area (Å²) in [5.74, 6) is -0.368. The number of benzene rings is 1. The average molecular weight is 336 g/mol. The zero-order valence-electron chi connectivity index (χ0n) is 12.7. The zero-order chi connectivity index (χ0) is 16.4. The minimum absolute atomic E-state index is 0.0159. The Morgan fingerprint density at radius 3 is 2.78 bits per heavy atom. The summed E-state index contributed by atoms with van der Waals surface area (Å²) in [7, 11) is 1.77. The molecule has 8 heteroatoms. The Bertz CT molecular complexity index is 727. The number of amides is 2. The lowest BCUT2D eigenvalue weighted by Gasteiger charge is -2.33. The molecule has 1 aliphatic heterocycles. The van der Waals surface area contributed by atoms with E-state index in [1.54, 1.807) is 27.8 Å². The van der Waals surface area contributed by atoms with E-state index in [0.29, 0.717) is 36.8 Å². The lowest BCUT2D eigenvalue weighted by molar-refractivity contribution is -0.133. The molecule has 1 aliphatic rings. The number of anilines is 1. The number of rotatable bonds is 4. The van der Waals surface area contributed by atoms with Gasteiger partial charge >= 0.3 is 0 Å². The summed E-state index contributed by atoms with van der Waals surface area (Å²) in [5.41, 5.74) is 0.339. The molecular weight excluding hydrogens is 319 g/mol. The Labute approximate surface area is 137 Å². The number of nitrogens with zero attached hydrogens (tertiary/aromatic N) is 4. The molecule has 2 amide bonds. The Morgan fingerprint density at radius 2 is 2.13 bits per heavy atom. The number of carbonyl (C=O) groups excluding carboxylic acids is 2. The van der Waals surface area contributed by atoms with E-state index in [2.05, 4.69) is 4.98 Å². The third-order valence-electron chi connectivity index (χ3n) is 3.87. The second kappa shape index (κ2) is 6.49. The second-order valence-electron chi connectivity index (χ2n) is 5.46. The Morgan fingerprint density at radius 1 is 1.39 bits per heavy atom. The van der Waals surface area contributed by atoms with Crippen LogP contribution in [-0.2, 0) is 9.59 Å². The van der Waals surface area contributed by atoms with E-state index >= 15 is 0 Å². The predicted molar refractivity (Wildman–Crippen MR) is 87.1 cm³/mol. The molecule has 2 heterocycles. The highest BCUT2D eigenvalue weighted by molar-refractivity contribution is 7.22. The fraction of sp³-hybridized carbons (Fsp3) is 0.400. The van der Waals surface area contributed by atoms with Gasteiger partial charge in [-0.3, -0.25) is 9.59 Å². The molecule has 1 aromatic carbocycles. The van der Waals surface area contributed by atoms with E-state index < -0.39 is 0 Å². The Kier molecular flexibility index (Phi) is 4.42. The summed E-state index contributed by atoms with van der Waals surface area (Å²) < 4.78 is 14.5. The van der Waals surface area contributed by atoms with Crippen molar-refractivity contribution in [3.8, 4) is 0 Å². The molecule has 0 radical (unpaired) electrons. The Hall–Kier alpha value is -2.22. The van der Waals surface area contributed by atoms with Crippen molar-refractivity contribution in [2.45, 2.75) is 0 Å². The molecule has 122 valence electrons. The molecule has 0 saturated carbocycles. The number of para-hydroxylation sites is 1. The quantitative estimate of drug-likeness (QED) is 0.787. The van der Waals surface area contributed by atoms with Crippen LogP contribution in [0.4, 0.5) is 9.52 Å². The second-order valence-corrected chi connectivity index (χ2v) is 6.47. The molecule has 0 atom stereocenters. The first kappa shape index (κ1) is 15.7. The number of hydrogen-bond donors (Lipinski definition) is 0. The monoisotopic (exact) mass is 336 g/mol. The van der Waals surface area contributed by atoms with E-state index in [0.717, 1.165) is 11.1 Å². The molecule has 0 aliphatic carbocycles. The van der Waals surface area contributed by atoms with Gasteiger partial charge in [-0.1, -0.05) is 17.4 Å². The molecule has 3 rings (SSSR count). The molecule has 23 heavy (non-hydrogen) atoms. The van der Waals surface area contributed by atoms with Gasteiger partial charge < -0.3 is 14.7 Å². The summed E-state index contributed by atoms with van der Waals surface area (Å²) >= 11 is 1.36. The van der Waals surface area contributed by atoms with E-state index in [4.69, 9.17) is 0 Å². The number of likely N-dealkylation sites (N-methyl/N-ethyl adjacent to an activating group) is 1. The molecule has 0 spiro atoms. The van der Waals surface area contributed by atoms with Crippen molar-refractivity contribution in [1.82, 2.24) is 14.8 Å². The van der Waals surface area contributed by atoms with E-state index in [1.807, 2.05) is 6.07 Å². The summed E-state index contributed by atoms with van der Waals surface area (Å²) in [6.45, 7) is 2.39. The van der Waals surface area contributed by atoms with Crippen LogP contribution in [0.3, 0.4) is 0 Å². The van der Waals surface area contributed by atoms with Gasteiger partial charge in [0.1, 0.15) is 11.3 Å². The van der Waals surface area contributed by atoms with Crippen LogP contribution in [0.5, 0.6) is 0 Å². The molecule has 0 N–H and O–H groups in total. The van der Waals surface area contributed by atoms with Crippen molar-refractivity contribution in [3.63, 3.8) is 0 Å². The van der Waals surface area contributed by atoms with Crippen LogP contribution >= 0.6 is 11.3 Å². The SMILES string of the molecule is CN(CC(=O)N1CCN(C=O)CC1)c1nc2c(F)cccc2s1. The Balaban J connectivity index is 1.66. The highest BCUT2D eigenvalue weighted by Gasteiger charge is 2.22. The van der Waals surface area contributed by atoms with Crippen LogP contribution in [-0.4, -0.2) is 66.9 Å². The minimum atomic E-state index is -0.352. The lowest BCUT2D eigenvalue weighted by Crippen LogP contribution is -2.50. The van der Waals surface area contributed by atoms with Crippen LogP contribution in [0.1, 0.15) is 0 Å². The summed E-state index contributed by atoms with van der Waals surface area (Å²) in [5, 5.41) is 0.616. The fourth-order valence-corrected chi connectivity index (χ4v) is 3.45. The largest absolute Gasteiger partial charge is 0.342 e. The molecule has 1 saturated heterocycles. The van der Waals surface area contributed by atoms with Crippen molar-refractivity contribution in [1.29, 1.82) is 0 Å². The maximum Gasteiger partial charge on any atom is 0.242 e. The number of halogens is 1. The average Bonchev–Trinajstić information content (AvgIpc) is 3.00. The molecule has 2 aromatic rings. The van der Waals surface area contributed by atoms with E-state index in [9.17, 15) is 14.0 Å². The van der Waals surface area contributed by atoms with Gasteiger partial charge in [-0.05, 0) is 12.1 Å². The van der Waals surface area contributed by atoms with Crippen LogP contribution in [0, 0.1) is 5.82 Å². The molecular formula is C15H17FN4O2S. The number of thiazole rings is 1. The number of aromatic nitrogens is 1. The maximum absolute atomic E-state index is 13.7. The van der Waals surface area contributed by atoms with Crippen molar-refractivity contribution in [2.24, 2.45) is 0 Å². The van der Waals surface area contributed by atoms with E-state index in [-0.39, 0.29) is 18.3 Å². The first-order valence-electron chi connectivity index (χ1n) is 7.32. The van der Waals surface area contributed by atoms with Gasteiger partial charge in [0.05, 0.1) is 11.2 Å². The van der Waals surface area contributed by atoms with Crippen LogP contribution in [0.25, 0.3) is 10.2 Å². The normalized spacial score (nSPS) is 15.0. The molecule has 1 fully saturated rings. The van der Waals surface area contributed by atoms with Gasteiger partial charge in [0.15, 0.2) is 5.13 Å². The first-order chi connectivity index (χ1) is 11.1. The van der Waals surface area contributed by atoms with Gasteiger partial charge in [0.2, 0.25) is 12.3 Å². The minimum Gasteiger partial charge on any atom is -0.342 e. The van der Waals surface area contributed by atoms with Crippen molar-refractivity contribution >= 4 is 39.0 Å². The summed E-state index contributed by atoms with van der Waals surface area (Å²) in [6, 6.07) is 4.84. The fourth-order valence-electron chi connectivity index (χ4n) is 2.51. The van der Waals surface area contributed by atoms with Gasteiger partial charge in [0.25, 0.3) is 0 Å². The van der Waals surface area contributed by atoms with Gasteiger partial charge in [-0.2, -0.15) is 0 Å². The van der Waals surface area contributed by atoms with Crippen molar-refractivity contribution in [3.05, 3.63) is 24.0 Å². The third-order valence-corrected chi connectivity index (χ3v) is 5.01. The van der Waals surface area contributed by atoms with Crippen LogP contribution < -0.4 is 4.90 Å². The number of carbonyl (C=O) groups is 2. The third kappa shape index (κ3) is 3.26. The number of hydrogen-bond acceptors (Lipinski definition) is 5. The molecule has 0 bridgehead atoms. The predicted octanol–water partition coefficient (Wildman–Crippen LogP) is 1.17. The summed E-state index contributed by atoms with van der Waals surface area (Å²) in [6.07, 6.45) is 0.809. The highest BCUT2D eigenvalue weighted by atomic mass is 32.1. The van der Waals surface area contributed by atoms with E-state index in [1.165, 1.54) is 17.4 Å². The maximum atomic E-state index is 13.7. The smallest absolute Gasteiger partial charge is 0.242 e. The number of piperazine rings is 1. The molecule has 6 nitrogen and oxygen atoms in total. The van der Waals surface area contributed by atoms with Crippen LogP contribution in [0.15, 0.2) is 18.2 Å². The molecule has 1 aromatic heterocycles. The zero-order valence-corrected chi connectivity index (χ0v) is 13.6. The summed E-state index contributed by atoms with van der Waals surface area (Å²) in [4.78, 5) is 32.4. The van der Waals surface area contributed by atoms with Gasteiger partial charge in [-0.25, -0.2) is 9.37 Å². The van der Waals surface area contributed by atoms with Crippen molar-refractivity contribution in [2.75, 3.05) is 44.7 Å². The van der Waals surface area contributed by atoms with Crippen LogP contribution in [0.2, 0.25) is 0 Å². The lowest BCUT2D eigenvalue weighted by atomic mass is 10.3. The molecule has 0 unspecified atom stereocenters. The van der Waals surface area contributed by atoms with Crippen molar-refractivity contribution < 1.29 is 14.0 Å². The van der Waals surface area contributed by atoms with Gasteiger partial charge in [0, 0.05) is 33.2 Å². The number of fused-ring (bicyclic) bond motifs is 1. The standard InChI is InChI=1S/C15H17FN4O2S/c1-18(9-13(22)20-7-5-19(10-21)6-8-20)15-17-14-11(16)3-2-4-12(14)23-15/h2-4,10H,5-9H2,1H3. The van der Waals surface area contributed by atoms with Gasteiger partial charge in [-0.15, -0.1) is 0 Å².